The molecule has 1 aromatic carbocycles. The van der Waals surface area contributed by atoms with Crippen LogP contribution in [0, 0.1) is 6.92 Å². The number of methoxy groups -OCH3 is 1. The SMILES string of the molecule is CNc1cc(C)nc(Nc2ccc(OC)c(OCCCN3CCC[C@@H]3C)c2)n1. The maximum absolute atomic E-state index is 6.03. The number of nitrogens with zero attached hydrogens (tertiary/aromatic N) is 3. The number of rotatable bonds is 9. The summed E-state index contributed by atoms with van der Waals surface area (Å²) in [5.41, 5.74) is 1.75. The van der Waals surface area contributed by atoms with Crippen LogP contribution in [0.15, 0.2) is 24.3 Å². The molecule has 1 aliphatic rings. The van der Waals surface area contributed by atoms with Gasteiger partial charge in [-0.15, -0.1) is 0 Å². The van der Waals surface area contributed by atoms with E-state index in [1.54, 1.807) is 7.11 Å². The molecule has 0 spiro atoms. The van der Waals surface area contributed by atoms with Crippen LogP contribution in [0.4, 0.5) is 17.5 Å². The first-order chi connectivity index (χ1) is 13.6. The van der Waals surface area contributed by atoms with Crippen molar-refractivity contribution in [3.63, 3.8) is 0 Å². The van der Waals surface area contributed by atoms with E-state index in [-0.39, 0.29) is 0 Å². The minimum absolute atomic E-state index is 0.545. The largest absolute Gasteiger partial charge is 0.493 e. The van der Waals surface area contributed by atoms with E-state index in [9.17, 15) is 0 Å². The number of hydrogen-bond acceptors (Lipinski definition) is 7. The first-order valence-corrected chi connectivity index (χ1v) is 9.94. The molecule has 28 heavy (non-hydrogen) atoms. The van der Waals surface area contributed by atoms with Crippen LogP contribution in [0.3, 0.4) is 0 Å². The third kappa shape index (κ3) is 5.25. The van der Waals surface area contributed by atoms with Crippen molar-refractivity contribution in [3.8, 4) is 11.5 Å². The molecule has 152 valence electrons. The molecular formula is C21H31N5O2. The van der Waals surface area contributed by atoms with E-state index >= 15 is 0 Å². The number of aromatic nitrogens is 2. The quantitative estimate of drug-likeness (QED) is 0.636. The van der Waals surface area contributed by atoms with Crippen LogP contribution in [0.25, 0.3) is 0 Å². The summed E-state index contributed by atoms with van der Waals surface area (Å²) in [6.07, 6.45) is 3.61. The van der Waals surface area contributed by atoms with Crippen molar-refractivity contribution in [1.29, 1.82) is 0 Å². The lowest BCUT2D eigenvalue weighted by Crippen LogP contribution is -2.28. The Morgan fingerprint density at radius 2 is 2.07 bits per heavy atom. The van der Waals surface area contributed by atoms with Crippen molar-refractivity contribution in [2.45, 2.75) is 39.2 Å². The Labute approximate surface area is 167 Å². The third-order valence-corrected chi connectivity index (χ3v) is 5.07. The van der Waals surface area contributed by atoms with Gasteiger partial charge in [0.15, 0.2) is 11.5 Å². The van der Waals surface area contributed by atoms with E-state index in [1.165, 1.54) is 19.4 Å². The van der Waals surface area contributed by atoms with Gasteiger partial charge in [0.25, 0.3) is 0 Å². The number of likely N-dealkylation sites (tertiary alicyclic amines) is 1. The molecule has 2 aromatic rings. The zero-order valence-electron chi connectivity index (χ0n) is 17.3. The zero-order valence-corrected chi connectivity index (χ0v) is 17.3. The number of nitrogens with one attached hydrogen (secondary N) is 2. The molecule has 2 N–H and O–H groups in total. The second-order valence-electron chi connectivity index (χ2n) is 7.19. The summed E-state index contributed by atoms with van der Waals surface area (Å²) < 4.78 is 11.5. The van der Waals surface area contributed by atoms with Crippen LogP contribution < -0.4 is 20.1 Å². The Balaban J connectivity index is 1.62. The fraction of sp³-hybridized carbons (Fsp3) is 0.524. The van der Waals surface area contributed by atoms with Gasteiger partial charge in [0.05, 0.1) is 13.7 Å². The number of ether oxygens (including phenoxy) is 2. The van der Waals surface area contributed by atoms with Crippen molar-refractivity contribution >= 4 is 17.5 Å². The van der Waals surface area contributed by atoms with Gasteiger partial charge in [-0.05, 0) is 51.8 Å². The van der Waals surface area contributed by atoms with Gasteiger partial charge >= 0.3 is 0 Å². The fourth-order valence-corrected chi connectivity index (χ4v) is 3.52. The molecule has 0 amide bonds. The average Bonchev–Trinajstić information content (AvgIpc) is 3.09. The van der Waals surface area contributed by atoms with Crippen molar-refractivity contribution < 1.29 is 9.47 Å². The van der Waals surface area contributed by atoms with Gasteiger partial charge in [0.2, 0.25) is 5.95 Å². The highest BCUT2D eigenvalue weighted by molar-refractivity contribution is 5.60. The van der Waals surface area contributed by atoms with Gasteiger partial charge in [-0.1, -0.05) is 0 Å². The van der Waals surface area contributed by atoms with Gasteiger partial charge in [-0.25, -0.2) is 4.98 Å². The number of hydrogen-bond donors (Lipinski definition) is 2. The van der Waals surface area contributed by atoms with Crippen molar-refractivity contribution in [3.05, 3.63) is 30.0 Å². The van der Waals surface area contributed by atoms with Crippen LogP contribution in [0.5, 0.6) is 11.5 Å². The Kier molecular flexibility index (Phi) is 6.92. The van der Waals surface area contributed by atoms with Gasteiger partial charge in [-0.3, -0.25) is 0 Å². The third-order valence-electron chi connectivity index (χ3n) is 5.07. The van der Waals surface area contributed by atoms with Gasteiger partial charge < -0.3 is 25.0 Å². The lowest BCUT2D eigenvalue weighted by Gasteiger charge is -2.21. The summed E-state index contributed by atoms with van der Waals surface area (Å²) in [7, 11) is 3.50. The highest BCUT2D eigenvalue weighted by Crippen LogP contribution is 2.31. The molecule has 3 rings (SSSR count). The summed E-state index contributed by atoms with van der Waals surface area (Å²) in [5, 5.41) is 6.29. The summed E-state index contributed by atoms with van der Waals surface area (Å²) in [6, 6.07) is 8.35. The molecule has 1 atom stereocenters. The molecule has 2 heterocycles. The van der Waals surface area contributed by atoms with Crippen LogP contribution in [0.1, 0.15) is 31.9 Å². The second kappa shape index (κ2) is 9.59. The number of aryl methyl sites for hydroxylation is 1. The Morgan fingerprint density at radius 1 is 1.21 bits per heavy atom. The molecule has 1 saturated heterocycles. The van der Waals surface area contributed by atoms with Crippen molar-refractivity contribution in [2.24, 2.45) is 0 Å². The summed E-state index contributed by atoms with van der Waals surface area (Å²) in [4.78, 5) is 11.4. The standard InChI is InChI=1S/C21H31N5O2/c1-15-13-20(22-3)25-21(23-15)24-17-8-9-18(27-4)19(14-17)28-12-6-11-26-10-5-7-16(26)2/h8-9,13-14,16H,5-7,10-12H2,1-4H3,(H2,22,23,24,25)/t16-/m0/s1. The van der Waals surface area contributed by atoms with Crippen LogP contribution in [-0.4, -0.2) is 54.8 Å². The first kappa shape index (κ1) is 20.2. The van der Waals surface area contributed by atoms with E-state index in [0.717, 1.165) is 41.7 Å². The van der Waals surface area contributed by atoms with Crippen molar-refractivity contribution in [2.75, 3.05) is 44.5 Å². The maximum Gasteiger partial charge on any atom is 0.229 e. The Bertz CT molecular complexity index is 783. The van der Waals surface area contributed by atoms with E-state index in [0.29, 0.717) is 18.6 Å². The monoisotopic (exact) mass is 385 g/mol. The lowest BCUT2D eigenvalue weighted by atomic mass is 10.2. The van der Waals surface area contributed by atoms with E-state index in [1.807, 2.05) is 38.2 Å². The molecule has 0 aliphatic carbocycles. The lowest BCUT2D eigenvalue weighted by molar-refractivity contribution is 0.226. The number of anilines is 3. The molecule has 1 aromatic heterocycles. The molecule has 0 radical (unpaired) electrons. The predicted octanol–water partition coefficient (Wildman–Crippen LogP) is 3.83. The van der Waals surface area contributed by atoms with Gasteiger partial charge in [0, 0.05) is 43.1 Å². The Hall–Kier alpha value is -2.54. The van der Waals surface area contributed by atoms with Crippen LogP contribution in [-0.2, 0) is 0 Å². The first-order valence-electron chi connectivity index (χ1n) is 9.94. The highest BCUT2D eigenvalue weighted by atomic mass is 16.5. The topological polar surface area (TPSA) is 71.5 Å². The molecule has 1 fully saturated rings. The summed E-state index contributed by atoms with van der Waals surface area (Å²) in [5.74, 6) is 2.77. The molecular weight excluding hydrogens is 354 g/mol. The highest BCUT2D eigenvalue weighted by Gasteiger charge is 2.19. The van der Waals surface area contributed by atoms with Crippen LogP contribution >= 0.6 is 0 Å². The zero-order chi connectivity index (χ0) is 19.9. The van der Waals surface area contributed by atoms with Gasteiger partial charge in [0.1, 0.15) is 5.82 Å². The normalized spacial score (nSPS) is 16.8. The molecule has 0 unspecified atom stereocenters. The summed E-state index contributed by atoms with van der Waals surface area (Å²) >= 11 is 0. The average molecular weight is 386 g/mol. The van der Waals surface area contributed by atoms with E-state index in [2.05, 4.69) is 32.4 Å². The number of benzene rings is 1. The Morgan fingerprint density at radius 3 is 2.79 bits per heavy atom. The molecule has 0 bridgehead atoms. The van der Waals surface area contributed by atoms with E-state index in [4.69, 9.17) is 9.47 Å². The molecule has 0 saturated carbocycles. The maximum atomic E-state index is 6.03. The summed E-state index contributed by atoms with van der Waals surface area (Å²) in [6.45, 7) is 7.19. The fourth-order valence-electron chi connectivity index (χ4n) is 3.52. The second-order valence-corrected chi connectivity index (χ2v) is 7.19. The molecule has 7 nitrogen and oxygen atoms in total. The minimum Gasteiger partial charge on any atom is -0.493 e. The molecule has 1 aliphatic heterocycles. The molecule has 7 heteroatoms. The predicted molar refractivity (Wildman–Crippen MR) is 113 cm³/mol. The smallest absolute Gasteiger partial charge is 0.229 e. The van der Waals surface area contributed by atoms with E-state index < -0.39 is 0 Å². The van der Waals surface area contributed by atoms with Crippen LogP contribution in [0.2, 0.25) is 0 Å². The van der Waals surface area contributed by atoms with Crippen molar-refractivity contribution in [1.82, 2.24) is 14.9 Å². The van der Waals surface area contributed by atoms with Gasteiger partial charge in [-0.2, -0.15) is 4.98 Å². The minimum atomic E-state index is 0.545.